The summed E-state index contributed by atoms with van der Waals surface area (Å²) in [6, 6.07) is 22.4. The van der Waals surface area contributed by atoms with Gasteiger partial charge < -0.3 is 10.2 Å². The van der Waals surface area contributed by atoms with Gasteiger partial charge in [0.25, 0.3) is 15.9 Å². The van der Waals surface area contributed by atoms with E-state index < -0.39 is 10.0 Å². The van der Waals surface area contributed by atoms with Gasteiger partial charge >= 0.3 is 0 Å². The molecule has 0 unspecified atom stereocenters. The van der Waals surface area contributed by atoms with Gasteiger partial charge in [0, 0.05) is 37.6 Å². The number of nitrogens with zero attached hydrogens (tertiary/aromatic N) is 1. The Bertz CT molecular complexity index is 1060. The Kier molecular flexibility index (Phi) is 6.19. The highest BCUT2D eigenvalue weighted by Crippen LogP contribution is 2.17. The number of carbonyl (C=O) groups is 1. The fraction of sp³-hybridized carbons (Fsp3) is 0.136. The van der Waals surface area contributed by atoms with Gasteiger partial charge in [-0.25, -0.2) is 8.42 Å². The average Bonchev–Trinajstić information content (AvgIpc) is 2.73. The molecule has 0 radical (unpaired) electrons. The predicted octanol–water partition coefficient (Wildman–Crippen LogP) is 3.48. The van der Waals surface area contributed by atoms with Gasteiger partial charge in [-0.05, 0) is 54.1 Å². The lowest BCUT2D eigenvalue weighted by atomic mass is 10.2. The predicted molar refractivity (Wildman–Crippen MR) is 116 cm³/mol. The van der Waals surface area contributed by atoms with Crippen LogP contribution in [0.3, 0.4) is 0 Å². The number of nitrogens with one attached hydrogen (secondary N) is 2. The van der Waals surface area contributed by atoms with Crippen LogP contribution in [-0.2, 0) is 16.6 Å². The topological polar surface area (TPSA) is 78.5 Å². The molecule has 0 saturated heterocycles. The summed E-state index contributed by atoms with van der Waals surface area (Å²) in [5.74, 6) is -0.262. The smallest absolute Gasteiger partial charge is 0.261 e. The number of hydrogen-bond acceptors (Lipinski definition) is 4. The summed E-state index contributed by atoms with van der Waals surface area (Å²) in [7, 11) is 0.229. The molecule has 7 heteroatoms. The normalized spacial score (nSPS) is 11.0. The maximum absolute atomic E-state index is 12.5. The Hall–Kier alpha value is -3.32. The molecule has 3 rings (SSSR count). The Balaban J connectivity index is 1.62. The summed E-state index contributed by atoms with van der Waals surface area (Å²) in [6.45, 7) is 0.391. The number of anilines is 2. The van der Waals surface area contributed by atoms with Crippen LogP contribution in [0.15, 0.2) is 83.8 Å². The summed E-state index contributed by atoms with van der Waals surface area (Å²) in [6.07, 6.45) is 0. The second kappa shape index (κ2) is 8.79. The summed E-state index contributed by atoms with van der Waals surface area (Å²) in [5, 5.41) is 2.84. The molecule has 0 bridgehead atoms. The van der Waals surface area contributed by atoms with Crippen molar-refractivity contribution in [3.05, 3.63) is 90.0 Å². The van der Waals surface area contributed by atoms with Crippen molar-refractivity contribution in [2.45, 2.75) is 11.4 Å². The van der Waals surface area contributed by atoms with Crippen molar-refractivity contribution in [3.63, 3.8) is 0 Å². The van der Waals surface area contributed by atoms with Gasteiger partial charge in [-0.2, -0.15) is 0 Å². The summed E-state index contributed by atoms with van der Waals surface area (Å²) < 4.78 is 27.4. The molecule has 0 atom stereocenters. The molecule has 1 amide bonds. The molecule has 29 heavy (non-hydrogen) atoms. The van der Waals surface area contributed by atoms with Gasteiger partial charge in [0.05, 0.1) is 4.90 Å². The number of sulfonamides is 1. The van der Waals surface area contributed by atoms with E-state index in [4.69, 9.17) is 0 Å². The molecule has 0 aliphatic rings. The minimum Gasteiger partial charge on any atom is -0.378 e. The zero-order valence-corrected chi connectivity index (χ0v) is 17.1. The minimum absolute atomic E-state index is 0.0946. The highest BCUT2D eigenvalue weighted by atomic mass is 32.2. The van der Waals surface area contributed by atoms with Gasteiger partial charge in [0.2, 0.25) is 0 Å². The number of hydrogen-bond donors (Lipinski definition) is 2. The van der Waals surface area contributed by atoms with E-state index in [0.29, 0.717) is 17.8 Å². The first kappa shape index (κ1) is 20.4. The second-order valence-corrected chi connectivity index (χ2v) is 8.42. The van der Waals surface area contributed by atoms with Gasteiger partial charge in [-0.15, -0.1) is 0 Å². The number of amides is 1. The van der Waals surface area contributed by atoms with Crippen molar-refractivity contribution in [1.82, 2.24) is 5.32 Å². The summed E-state index contributed by atoms with van der Waals surface area (Å²) >= 11 is 0. The highest BCUT2D eigenvalue weighted by molar-refractivity contribution is 7.92. The van der Waals surface area contributed by atoms with Crippen LogP contribution in [0.25, 0.3) is 0 Å². The molecular weight excluding hydrogens is 386 g/mol. The van der Waals surface area contributed by atoms with E-state index in [0.717, 1.165) is 11.3 Å². The first-order valence-corrected chi connectivity index (χ1v) is 10.6. The quantitative estimate of drug-likeness (QED) is 0.626. The number of carbonyl (C=O) groups excluding carboxylic acids is 1. The number of para-hydroxylation sites is 1. The van der Waals surface area contributed by atoms with Gasteiger partial charge in [-0.3, -0.25) is 9.52 Å². The molecule has 0 aliphatic heterocycles. The lowest BCUT2D eigenvalue weighted by molar-refractivity contribution is 0.0951. The molecule has 150 valence electrons. The van der Waals surface area contributed by atoms with Gasteiger partial charge in [0.1, 0.15) is 0 Å². The van der Waals surface area contributed by atoms with Crippen LogP contribution in [0, 0.1) is 0 Å². The standard InChI is InChI=1S/C22H23N3O3S/c1-25(2)20-12-8-17(9-13-20)16-23-22(26)18-10-14-21(15-11-18)29(27,28)24-19-6-4-3-5-7-19/h3-15,24H,16H2,1-2H3,(H,23,26). The van der Waals surface area contributed by atoms with Crippen molar-refractivity contribution in [2.24, 2.45) is 0 Å². The molecule has 0 aliphatic carbocycles. The van der Waals surface area contributed by atoms with Gasteiger partial charge in [-0.1, -0.05) is 30.3 Å². The third-order valence-electron chi connectivity index (χ3n) is 4.36. The summed E-state index contributed by atoms with van der Waals surface area (Å²) in [4.78, 5) is 14.5. The molecular formula is C22H23N3O3S. The Morgan fingerprint density at radius 2 is 1.48 bits per heavy atom. The molecule has 0 aromatic heterocycles. The first-order chi connectivity index (χ1) is 13.8. The number of benzene rings is 3. The van der Waals surface area contributed by atoms with Crippen LogP contribution in [0.1, 0.15) is 15.9 Å². The largest absolute Gasteiger partial charge is 0.378 e. The lowest BCUT2D eigenvalue weighted by Gasteiger charge is -2.13. The van der Waals surface area contributed by atoms with Crippen molar-refractivity contribution in [1.29, 1.82) is 0 Å². The van der Waals surface area contributed by atoms with E-state index in [1.807, 2.05) is 49.3 Å². The second-order valence-electron chi connectivity index (χ2n) is 6.74. The van der Waals surface area contributed by atoms with Crippen LogP contribution >= 0.6 is 0 Å². The maximum atomic E-state index is 12.5. The first-order valence-electron chi connectivity index (χ1n) is 9.07. The van der Waals surface area contributed by atoms with Crippen LogP contribution in [-0.4, -0.2) is 28.4 Å². The molecule has 6 nitrogen and oxygen atoms in total. The molecule has 2 N–H and O–H groups in total. The zero-order valence-electron chi connectivity index (χ0n) is 16.3. The maximum Gasteiger partial charge on any atom is 0.261 e. The Morgan fingerprint density at radius 1 is 0.862 bits per heavy atom. The third-order valence-corrected chi connectivity index (χ3v) is 5.76. The third kappa shape index (κ3) is 5.36. The van der Waals surface area contributed by atoms with Crippen LogP contribution in [0.2, 0.25) is 0 Å². The molecule has 0 spiro atoms. The lowest BCUT2D eigenvalue weighted by Crippen LogP contribution is -2.23. The van der Waals surface area contributed by atoms with Crippen LogP contribution in [0.4, 0.5) is 11.4 Å². The molecule has 3 aromatic rings. The van der Waals surface area contributed by atoms with E-state index in [1.54, 1.807) is 24.3 Å². The molecule has 0 saturated carbocycles. The van der Waals surface area contributed by atoms with Crippen molar-refractivity contribution >= 4 is 27.3 Å². The molecule has 3 aromatic carbocycles. The highest BCUT2D eigenvalue weighted by Gasteiger charge is 2.15. The van der Waals surface area contributed by atoms with Crippen molar-refractivity contribution < 1.29 is 13.2 Å². The van der Waals surface area contributed by atoms with Crippen LogP contribution in [0.5, 0.6) is 0 Å². The Morgan fingerprint density at radius 3 is 2.07 bits per heavy atom. The number of rotatable bonds is 7. The Labute approximate surface area is 171 Å². The van der Waals surface area contributed by atoms with Gasteiger partial charge in [0.15, 0.2) is 0 Å². The fourth-order valence-corrected chi connectivity index (χ4v) is 3.76. The average molecular weight is 410 g/mol. The summed E-state index contributed by atoms with van der Waals surface area (Å²) in [5.41, 5.74) is 2.94. The zero-order chi connectivity index (χ0) is 20.9. The van der Waals surface area contributed by atoms with E-state index in [2.05, 4.69) is 10.0 Å². The van der Waals surface area contributed by atoms with E-state index in [1.165, 1.54) is 24.3 Å². The van der Waals surface area contributed by atoms with Crippen molar-refractivity contribution in [2.75, 3.05) is 23.7 Å². The van der Waals surface area contributed by atoms with E-state index >= 15 is 0 Å². The SMILES string of the molecule is CN(C)c1ccc(CNC(=O)c2ccc(S(=O)(=O)Nc3ccccc3)cc2)cc1. The van der Waals surface area contributed by atoms with Crippen molar-refractivity contribution in [3.8, 4) is 0 Å². The fourth-order valence-electron chi connectivity index (χ4n) is 2.70. The monoisotopic (exact) mass is 409 g/mol. The molecule has 0 heterocycles. The van der Waals surface area contributed by atoms with E-state index in [-0.39, 0.29) is 10.8 Å². The molecule has 0 fully saturated rings. The van der Waals surface area contributed by atoms with E-state index in [9.17, 15) is 13.2 Å². The van der Waals surface area contributed by atoms with Crippen LogP contribution < -0.4 is 14.9 Å². The minimum atomic E-state index is -3.71.